The zero-order valence-corrected chi connectivity index (χ0v) is 11.5. The van der Waals surface area contributed by atoms with Gasteiger partial charge < -0.3 is 14.5 Å². The Morgan fingerprint density at radius 2 is 1.85 bits per heavy atom. The molecule has 1 aromatic carbocycles. The predicted molar refractivity (Wildman–Crippen MR) is 78.4 cm³/mol. The van der Waals surface area contributed by atoms with Gasteiger partial charge in [-0.3, -0.25) is 0 Å². The Bertz CT molecular complexity index is 712. The topological polar surface area (TPSA) is 47.1 Å². The van der Waals surface area contributed by atoms with Gasteiger partial charge in [-0.15, -0.1) is 0 Å². The number of H-pyrrole nitrogens is 1. The van der Waals surface area contributed by atoms with Gasteiger partial charge in [0.1, 0.15) is 17.1 Å². The number of hydrogen-bond donors (Lipinski definition) is 1. The first-order valence-electron chi connectivity index (χ1n) is 6.43. The lowest BCUT2D eigenvalue weighted by Crippen LogP contribution is -1.92. The Hall–Kier alpha value is -2.49. The minimum atomic E-state index is 0.803. The predicted octanol–water partition coefficient (Wildman–Crippen LogP) is 3.17. The number of pyridine rings is 1. The number of hydrogen-bond acceptors (Lipinski definition) is 3. The van der Waals surface area contributed by atoms with Gasteiger partial charge in [0.25, 0.3) is 0 Å². The summed E-state index contributed by atoms with van der Waals surface area (Å²) in [6, 6.07) is 9.95. The number of methoxy groups -OCH3 is 2. The van der Waals surface area contributed by atoms with Gasteiger partial charge in [0, 0.05) is 23.8 Å². The van der Waals surface area contributed by atoms with Gasteiger partial charge in [0.05, 0.1) is 14.2 Å². The van der Waals surface area contributed by atoms with Crippen LogP contribution in [0.2, 0.25) is 0 Å². The second kappa shape index (κ2) is 5.25. The van der Waals surface area contributed by atoms with Crippen LogP contribution in [0.25, 0.3) is 11.0 Å². The lowest BCUT2D eigenvalue weighted by Gasteiger charge is -2.08. The smallest absolute Gasteiger partial charge is 0.137 e. The van der Waals surface area contributed by atoms with Gasteiger partial charge >= 0.3 is 0 Å². The lowest BCUT2D eigenvalue weighted by atomic mass is 10.0. The van der Waals surface area contributed by atoms with E-state index >= 15 is 0 Å². The summed E-state index contributed by atoms with van der Waals surface area (Å²) < 4.78 is 10.6. The first-order valence-corrected chi connectivity index (χ1v) is 6.43. The average Bonchev–Trinajstić information content (AvgIpc) is 2.90. The Morgan fingerprint density at radius 1 is 1.10 bits per heavy atom. The summed E-state index contributed by atoms with van der Waals surface area (Å²) in [4.78, 5) is 7.50. The molecule has 20 heavy (non-hydrogen) atoms. The highest BCUT2D eigenvalue weighted by molar-refractivity contribution is 5.79. The summed E-state index contributed by atoms with van der Waals surface area (Å²) in [6.07, 6.45) is 4.60. The molecule has 4 heteroatoms. The van der Waals surface area contributed by atoms with Crippen molar-refractivity contribution >= 4 is 11.0 Å². The van der Waals surface area contributed by atoms with E-state index in [1.807, 2.05) is 30.5 Å². The summed E-state index contributed by atoms with van der Waals surface area (Å²) in [7, 11) is 3.32. The summed E-state index contributed by atoms with van der Waals surface area (Å²) in [5.74, 6) is 1.61. The molecule has 0 unspecified atom stereocenters. The monoisotopic (exact) mass is 268 g/mol. The second-order valence-electron chi connectivity index (χ2n) is 4.61. The molecule has 102 valence electrons. The van der Waals surface area contributed by atoms with E-state index in [0.717, 1.165) is 34.5 Å². The van der Waals surface area contributed by atoms with E-state index < -0.39 is 0 Å². The number of benzene rings is 1. The van der Waals surface area contributed by atoms with Crippen LogP contribution < -0.4 is 9.47 Å². The van der Waals surface area contributed by atoms with E-state index in [2.05, 4.69) is 16.0 Å². The number of nitrogens with zero attached hydrogens (tertiary/aromatic N) is 1. The van der Waals surface area contributed by atoms with Crippen molar-refractivity contribution in [2.75, 3.05) is 14.2 Å². The molecule has 2 heterocycles. The minimum absolute atomic E-state index is 0.803. The third-order valence-electron chi connectivity index (χ3n) is 3.34. The zero-order chi connectivity index (χ0) is 13.9. The van der Waals surface area contributed by atoms with Crippen molar-refractivity contribution in [1.29, 1.82) is 0 Å². The van der Waals surface area contributed by atoms with Crippen molar-refractivity contribution in [2.24, 2.45) is 0 Å². The van der Waals surface area contributed by atoms with E-state index in [9.17, 15) is 0 Å². The van der Waals surface area contributed by atoms with Crippen molar-refractivity contribution in [3.63, 3.8) is 0 Å². The van der Waals surface area contributed by atoms with Gasteiger partial charge in [-0.25, -0.2) is 4.98 Å². The number of nitrogens with one attached hydrogen (secondary N) is 1. The molecule has 0 fully saturated rings. The molecule has 0 aliphatic rings. The molecule has 0 saturated heterocycles. The standard InChI is InChI=1S/C16H16N2O2/c1-19-13-7-11(8-14(9-13)20-2)6-12-10-18-16-15(12)4-3-5-17-16/h3-5,7-10H,6H2,1-2H3,(H,17,18). The first kappa shape index (κ1) is 12.5. The molecule has 2 aromatic heterocycles. The molecular formula is C16H16N2O2. The van der Waals surface area contributed by atoms with Crippen molar-refractivity contribution in [2.45, 2.75) is 6.42 Å². The molecule has 4 nitrogen and oxygen atoms in total. The van der Waals surface area contributed by atoms with Crippen molar-refractivity contribution in [3.8, 4) is 11.5 Å². The van der Waals surface area contributed by atoms with E-state index in [-0.39, 0.29) is 0 Å². The summed E-state index contributed by atoms with van der Waals surface area (Å²) in [5.41, 5.74) is 3.27. The fourth-order valence-corrected chi connectivity index (χ4v) is 2.35. The van der Waals surface area contributed by atoms with Gasteiger partial charge in [0.2, 0.25) is 0 Å². The maximum Gasteiger partial charge on any atom is 0.137 e. The number of fused-ring (bicyclic) bond motifs is 1. The van der Waals surface area contributed by atoms with Crippen LogP contribution in [-0.4, -0.2) is 24.2 Å². The molecule has 3 rings (SSSR count). The molecule has 3 aromatic rings. The van der Waals surface area contributed by atoms with E-state index in [1.165, 1.54) is 5.56 Å². The maximum atomic E-state index is 5.30. The highest BCUT2D eigenvalue weighted by Crippen LogP contribution is 2.26. The normalized spacial score (nSPS) is 10.7. The fraction of sp³-hybridized carbons (Fsp3) is 0.188. The maximum absolute atomic E-state index is 5.30. The molecule has 0 spiro atoms. The number of ether oxygens (including phenoxy) is 2. The van der Waals surface area contributed by atoms with Crippen LogP contribution in [-0.2, 0) is 6.42 Å². The number of aromatic nitrogens is 2. The summed E-state index contributed by atoms with van der Waals surface area (Å²) in [6.45, 7) is 0. The molecule has 0 aliphatic heterocycles. The molecule has 0 atom stereocenters. The SMILES string of the molecule is COc1cc(Cc2c[nH]c3ncccc23)cc(OC)c1. The Morgan fingerprint density at radius 3 is 2.55 bits per heavy atom. The molecular weight excluding hydrogens is 252 g/mol. The van der Waals surface area contributed by atoms with Gasteiger partial charge in [-0.2, -0.15) is 0 Å². The highest BCUT2D eigenvalue weighted by Gasteiger charge is 2.07. The van der Waals surface area contributed by atoms with E-state index in [0.29, 0.717) is 0 Å². The lowest BCUT2D eigenvalue weighted by molar-refractivity contribution is 0.393. The molecule has 1 N–H and O–H groups in total. The highest BCUT2D eigenvalue weighted by atomic mass is 16.5. The quantitative estimate of drug-likeness (QED) is 0.790. The Labute approximate surface area is 117 Å². The fourth-order valence-electron chi connectivity index (χ4n) is 2.35. The summed E-state index contributed by atoms with van der Waals surface area (Å²) in [5, 5.41) is 1.15. The molecule has 0 bridgehead atoms. The van der Waals surface area contributed by atoms with Crippen LogP contribution in [0.1, 0.15) is 11.1 Å². The molecule has 0 aliphatic carbocycles. The van der Waals surface area contributed by atoms with Crippen molar-refractivity contribution < 1.29 is 9.47 Å². The number of rotatable bonds is 4. The Kier molecular flexibility index (Phi) is 3.29. The minimum Gasteiger partial charge on any atom is -0.497 e. The van der Waals surface area contributed by atoms with Crippen LogP contribution in [0, 0.1) is 0 Å². The van der Waals surface area contributed by atoms with Crippen LogP contribution in [0.4, 0.5) is 0 Å². The van der Waals surface area contributed by atoms with Crippen LogP contribution >= 0.6 is 0 Å². The molecule has 0 radical (unpaired) electrons. The summed E-state index contributed by atoms with van der Waals surface area (Å²) >= 11 is 0. The van der Waals surface area contributed by atoms with Crippen LogP contribution in [0.3, 0.4) is 0 Å². The Balaban J connectivity index is 1.98. The van der Waals surface area contributed by atoms with Gasteiger partial charge in [-0.05, 0) is 41.8 Å². The third kappa shape index (κ3) is 2.32. The van der Waals surface area contributed by atoms with Crippen LogP contribution in [0.15, 0.2) is 42.7 Å². The van der Waals surface area contributed by atoms with Crippen LogP contribution in [0.5, 0.6) is 11.5 Å². The third-order valence-corrected chi connectivity index (χ3v) is 3.34. The largest absolute Gasteiger partial charge is 0.497 e. The second-order valence-corrected chi connectivity index (χ2v) is 4.61. The van der Waals surface area contributed by atoms with Gasteiger partial charge in [0.15, 0.2) is 0 Å². The first-order chi connectivity index (χ1) is 9.80. The van der Waals surface area contributed by atoms with Gasteiger partial charge in [-0.1, -0.05) is 0 Å². The molecule has 0 saturated carbocycles. The van der Waals surface area contributed by atoms with Crippen molar-refractivity contribution in [1.82, 2.24) is 9.97 Å². The zero-order valence-electron chi connectivity index (χ0n) is 11.5. The average molecular weight is 268 g/mol. The van der Waals surface area contributed by atoms with Crippen molar-refractivity contribution in [3.05, 3.63) is 53.9 Å². The van der Waals surface area contributed by atoms with E-state index in [1.54, 1.807) is 20.4 Å². The molecule has 0 amide bonds. The number of aromatic amines is 1. The van der Waals surface area contributed by atoms with E-state index in [4.69, 9.17) is 9.47 Å².